The molecule has 1 atom stereocenters. The van der Waals surface area contributed by atoms with Gasteiger partial charge < -0.3 is 9.30 Å². The van der Waals surface area contributed by atoms with Crippen LogP contribution < -0.4 is 0 Å². The Hall–Kier alpha value is -3.47. The van der Waals surface area contributed by atoms with Crippen LogP contribution in [0.2, 0.25) is 0 Å². The largest absolute Gasteiger partial charge is 0.475 e. The molecule has 0 spiro atoms. The van der Waals surface area contributed by atoms with E-state index in [4.69, 9.17) is 4.74 Å². The molecule has 1 unspecified atom stereocenters. The molecule has 1 aliphatic heterocycles. The Morgan fingerprint density at radius 3 is 2.53 bits per heavy atom. The van der Waals surface area contributed by atoms with Crippen molar-refractivity contribution in [3.8, 4) is 0 Å². The normalized spacial score (nSPS) is 16.0. The molecule has 5 heteroatoms. The van der Waals surface area contributed by atoms with E-state index in [1.54, 1.807) is 0 Å². The summed E-state index contributed by atoms with van der Waals surface area (Å²) in [6, 6.07) is 20.2. The van der Waals surface area contributed by atoms with E-state index >= 15 is 0 Å². The maximum atomic E-state index is 14.0. The van der Waals surface area contributed by atoms with Crippen molar-refractivity contribution in [2.75, 3.05) is 6.61 Å². The van der Waals surface area contributed by atoms with Gasteiger partial charge in [-0.05, 0) is 53.3 Å². The van der Waals surface area contributed by atoms with Gasteiger partial charge in [0, 0.05) is 18.3 Å². The highest BCUT2D eigenvalue weighted by Crippen LogP contribution is 2.27. The summed E-state index contributed by atoms with van der Waals surface area (Å²) in [6.45, 7) is 3.13. The zero-order valence-corrected chi connectivity index (χ0v) is 16.5. The highest BCUT2D eigenvalue weighted by Gasteiger charge is 2.26. The fraction of sp³-hybridized carbons (Fsp3) is 0.160. The number of aromatic nitrogens is 1. The first kappa shape index (κ1) is 18.6. The first-order valence-corrected chi connectivity index (χ1v) is 9.88. The van der Waals surface area contributed by atoms with Crippen LogP contribution >= 0.6 is 0 Å². The van der Waals surface area contributed by atoms with E-state index in [2.05, 4.69) is 59.1 Å². The Morgan fingerprint density at radius 2 is 1.77 bits per heavy atom. The maximum Gasteiger partial charge on any atom is 0.222 e. The Labute approximate surface area is 173 Å². The summed E-state index contributed by atoms with van der Waals surface area (Å²) >= 11 is 0. The van der Waals surface area contributed by atoms with E-state index in [-0.39, 0.29) is 24.1 Å². The lowest BCUT2D eigenvalue weighted by Crippen LogP contribution is -2.07. The van der Waals surface area contributed by atoms with Gasteiger partial charge in [-0.2, -0.15) is 0 Å². The Balaban J connectivity index is 1.36. The molecular weight excluding hydrogens is 382 g/mol. The molecule has 150 valence electrons. The molecule has 0 amide bonds. The molecule has 0 saturated heterocycles. The van der Waals surface area contributed by atoms with Crippen molar-refractivity contribution in [1.82, 2.24) is 4.57 Å². The van der Waals surface area contributed by atoms with Crippen LogP contribution in [0.3, 0.4) is 0 Å². The first-order valence-electron chi connectivity index (χ1n) is 9.88. The average molecular weight is 402 g/mol. The highest BCUT2D eigenvalue weighted by atomic mass is 19.1. The first-order chi connectivity index (χ1) is 14.6. The second-order valence-corrected chi connectivity index (χ2v) is 7.61. The molecule has 5 rings (SSSR count). The van der Waals surface area contributed by atoms with Gasteiger partial charge in [-0.15, -0.1) is 0 Å². The molecule has 0 N–H and O–H groups in total. The lowest BCUT2D eigenvalue weighted by atomic mass is 10.1. The van der Waals surface area contributed by atoms with Gasteiger partial charge in [-0.25, -0.2) is 13.8 Å². The molecular formula is C25H20F2N2O. The number of aliphatic imine (C=N–C) groups is 1. The van der Waals surface area contributed by atoms with Crippen molar-refractivity contribution in [3.05, 3.63) is 107 Å². The predicted molar refractivity (Wildman–Crippen MR) is 114 cm³/mol. The van der Waals surface area contributed by atoms with Crippen LogP contribution in [-0.4, -0.2) is 17.1 Å². The molecule has 3 nitrogen and oxygen atoms in total. The number of hydrogen-bond acceptors (Lipinski definition) is 2. The predicted octanol–water partition coefficient (Wildman–Crippen LogP) is 5.79. The van der Waals surface area contributed by atoms with Gasteiger partial charge in [0.2, 0.25) is 5.90 Å². The van der Waals surface area contributed by atoms with Crippen LogP contribution in [0.1, 0.15) is 28.3 Å². The van der Waals surface area contributed by atoms with Crippen molar-refractivity contribution in [2.24, 2.45) is 4.99 Å². The van der Waals surface area contributed by atoms with Gasteiger partial charge in [0.25, 0.3) is 0 Å². The SMILES string of the molecule is Cc1ccc2ccn(Cc3ccc(C4COC(c5c(F)cccc5F)=N4)cc3)c2c1. The number of rotatable bonds is 4. The maximum absolute atomic E-state index is 14.0. The molecule has 1 aromatic heterocycles. The Bertz CT molecular complexity index is 1240. The fourth-order valence-corrected chi connectivity index (χ4v) is 3.86. The molecule has 0 radical (unpaired) electrons. The second-order valence-electron chi connectivity index (χ2n) is 7.61. The van der Waals surface area contributed by atoms with Crippen molar-refractivity contribution in [1.29, 1.82) is 0 Å². The fourth-order valence-electron chi connectivity index (χ4n) is 3.86. The number of halogens is 2. The molecule has 2 heterocycles. The van der Waals surface area contributed by atoms with E-state index in [1.807, 2.05) is 12.1 Å². The van der Waals surface area contributed by atoms with Gasteiger partial charge in [0.05, 0.1) is 0 Å². The van der Waals surface area contributed by atoms with E-state index in [0.29, 0.717) is 0 Å². The second kappa shape index (κ2) is 7.41. The van der Waals surface area contributed by atoms with Crippen molar-refractivity contribution in [2.45, 2.75) is 19.5 Å². The van der Waals surface area contributed by atoms with Crippen LogP contribution in [-0.2, 0) is 11.3 Å². The number of hydrogen-bond donors (Lipinski definition) is 0. The van der Waals surface area contributed by atoms with E-state index in [1.165, 1.54) is 40.2 Å². The molecule has 0 aliphatic carbocycles. The molecule has 30 heavy (non-hydrogen) atoms. The molecule has 3 aromatic carbocycles. The molecule has 1 aliphatic rings. The standard InChI is InChI=1S/C25H20F2N2O/c1-16-5-8-19-11-12-29(23(19)13-16)14-17-6-9-18(10-7-17)22-15-30-25(28-22)24-20(26)3-2-4-21(24)27/h2-13,22H,14-15H2,1H3. The van der Waals surface area contributed by atoms with Gasteiger partial charge >= 0.3 is 0 Å². The van der Waals surface area contributed by atoms with Crippen LogP contribution in [0.4, 0.5) is 8.78 Å². The van der Waals surface area contributed by atoms with E-state index < -0.39 is 11.6 Å². The summed E-state index contributed by atoms with van der Waals surface area (Å²) in [4.78, 5) is 4.42. The third-order valence-electron chi connectivity index (χ3n) is 5.47. The molecule has 0 saturated carbocycles. The van der Waals surface area contributed by atoms with Gasteiger partial charge in [0.1, 0.15) is 29.8 Å². The minimum atomic E-state index is -0.668. The number of fused-ring (bicyclic) bond motifs is 1. The minimum absolute atomic E-state index is 0.0221. The molecule has 0 fully saturated rings. The van der Waals surface area contributed by atoms with Crippen molar-refractivity contribution in [3.63, 3.8) is 0 Å². The zero-order valence-electron chi connectivity index (χ0n) is 16.5. The van der Waals surface area contributed by atoms with Gasteiger partial charge in [-0.3, -0.25) is 0 Å². The van der Waals surface area contributed by atoms with Gasteiger partial charge in [-0.1, -0.05) is 42.5 Å². The Kier molecular flexibility index (Phi) is 4.58. The smallest absolute Gasteiger partial charge is 0.222 e. The molecule has 4 aromatic rings. The number of ether oxygens (including phenoxy) is 1. The van der Waals surface area contributed by atoms with Crippen molar-refractivity contribution >= 4 is 16.8 Å². The number of nitrogens with zero attached hydrogens (tertiary/aromatic N) is 2. The quantitative estimate of drug-likeness (QED) is 0.424. The Morgan fingerprint density at radius 1 is 1.00 bits per heavy atom. The lowest BCUT2D eigenvalue weighted by Gasteiger charge is -2.09. The highest BCUT2D eigenvalue weighted by molar-refractivity contribution is 5.95. The third kappa shape index (κ3) is 3.36. The van der Waals surface area contributed by atoms with Crippen molar-refractivity contribution < 1.29 is 13.5 Å². The number of aryl methyl sites for hydroxylation is 1. The summed E-state index contributed by atoms with van der Waals surface area (Å²) < 4.78 is 35.7. The monoisotopic (exact) mass is 402 g/mol. The molecule has 0 bridgehead atoms. The topological polar surface area (TPSA) is 26.5 Å². The summed E-state index contributed by atoms with van der Waals surface area (Å²) in [5, 5.41) is 1.22. The van der Waals surface area contributed by atoms with Crippen LogP contribution in [0, 0.1) is 18.6 Å². The summed E-state index contributed by atoms with van der Waals surface area (Å²) in [7, 11) is 0. The minimum Gasteiger partial charge on any atom is -0.475 e. The zero-order chi connectivity index (χ0) is 20.7. The average Bonchev–Trinajstić information content (AvgIpc) is 3.36. The van der Waals surface area contributed by atoms with Gasteiger partial charge in [0.15, 0.2) is 0 Å². The number of benzene rings is 3. The summed E-state index contributed by atoms with van der Waals surface area (Å²) in [5.74, 6) is -1.31. The lowest BCUT2D eigenvalue weighted by molar-refractivity contribution is 0.317. The third-order valence-corrected chi connectivity index (χ3v) is 5.47. The summed E-state index contributed by atoms with van der Waals surface area (Å²) in [6.07, 6.45) is 2.10. The van der Waals surface area contributed by atoms with Crippen LogP contribution in [0.15, 0.2) is 77.9 Å². The van der Waals surface area contributed by atoms with E-state index in [9.17, 15) is 8.78 Å². The van der Waals surface area contributed by atoms with E-state index in [0.717, 1.165) is 12.1 Å². The summed E-state index contributed by atoms with van der Waals surface area (Å²) in [5.41, 5.74) is 4.37. The van der Waals surface area contributed by atoms with Crippen LogP contribution in [0.25, 0.3) is 10.9 Å². The van der Waals surface area contributed by atoms with Crippen LogP contribution in [0.5, 0.6) is 0 Å².